The van der Waals surface area contributed by atoms with Gasteiger partial charge in [-0.2, -0.15) is 0 Å². The van der Waals surface area contributed by atoms with Gasteiger partial charge in [-0.05, 0) is 31.4 Å². The summed E-state index contributed by atoms with van der Waals surface area (Å²) in [7, 11) is -0.548. The van der Waals surface area contributed by atoms with Crippen LogP contribution in [-0.2, 0) is 14.8 Å². The Hall–Kier alpha value is -1.60. The second-order valence-corrected chi connectivity index (χ2v) is 7.59. The quantitative estimate of drug-likeness (QED) is 0.862. The molecule has 2 rings (SSSR count). The van der Waals surface area contributed by atoms with Gasteiger partial charge in [-0.25, -0.2) is 12.7 Å². The molecule has 0 spiro atoms. The first-order chi connectivity index (χ1) is 9.82. The van der Waals surface area contributed by atoms with Crippen molar-refractivity contribution in [3.63, 3.8) is 0 Å². The van der Waals surface area contributed by atoms with Crippen LogP contribution < -0.4 is 5.32 Å². The molecule has 1 aromatic carbocycles. The number of nitrogens with one attached hydrogen (secondary N) is 1. The number of hydrogen-bond acceptors (Lipinski definition) is 4. The molecule has 1 aromatic rings. The van der Waals surface area contributed by atoms with E-state index in [4.69, 9.17) is 5.11 Å². The van der Waals surface area contributed by atoms with Crippen LogP contribution in [0.1, 0.15) is 19.3 Å². The molecule has 21 heavy (non-hydrogen) atoms. The number of aliphatic carboxylic acids is 1. The van der Waals surface area contributed by atoms with Crippen molar-refractivity contribution < 1.29 is 18.3 Å². The third kappa shape index (κ3) is 3.36. The Bertz CT molecular complexity index is 628. The average molecular weight is 312 g/mol. The minimum absolute atomic E-state index is 0.00962. The maximum Gasteiger partial charge on any atom is 0.306 e. The molecule has 0 amide bonds. The van der Waals surface area contributed by atoms with Crippen molar-refractivity contribution in [1.29, 1.82) is 0 Å². The number of sulfonamides is 1. The molecule has 1 fully saturated rings. The first kappa shape index (κ1) is 15.8. The van der Waals surface area contributed by atoms with Gasteiger partial charge >= 0.3 is 5.97 Å². The number of benzene rings is 1. The topological polar surface area (TPSA) is 86.7 Å². The van der Waals surface area contributed by atoms with E-state index in [1.165, 1.54) is 18.4 Å². The van der Waals surface area contributed by atoms with Crippen molar-refractivity contribution in [1.82, 2.24) is 4.31 Å². The van der Waals surface area contributed by atoms with Crippen LogP contribution in [0.5, 0.6) is 0 Å². The van der Waals surface area contributed by atoms with E-state index in [0.717, 1.165) is 6.42 Å². The van der Waals surface area contributed by atoms with Crippen LogP contribution in [0.3, 0.4) is 0 Å². The molecule has 2 N–H and O–H groups in total. The molecular formula is C14H20N2O4S. The Morgan fingerprint density at radius 1 is 1.29 bits per heavy atom. The van der Waals surface area contributed by atoms with Crippen molar-refractivity contribution in [2.75, 3.05) is 19.4 Å². The molecule has 1 aliphatic carbocycles. The highest BCUT2D eigenvalue weighted by molar-refractivity contribution is 7.89. The highest BCUT2D eigenvalue weighted by atomic mass is 32.2. The summed E-state index contributed by atoms with van der Waals surface area (Å²) in [6.07, 6.45) is 1.87. The minimum Gasteiger partial charge on any atom is -0.481 e. The lowest BCUT2D eigenvalue weighted by molar-refractivity contribution is -0.141. The third-order valence-corrected chi connectivity index (χ3v) is 5.66. The van der Waals surface area contributed by atoms with Crippen LogP contribution in [0.15, 0.2) is 29.2 Å². The van der Waals surface area contributed by atoms with E-state index >= 15 is 0 Å². The van der Waals surface area contributed by atoms with E-state index in [1.807, 2.05) is 0 Å². The maximum absolute atomic E-state index is 12.3. The first-order valence-corrected chi connectivity index (χ1v) is 8.27. The molecule has 7 heteroatoms. The molecule has 0 aliphatic heterocycles. The first-order valence-electron chi connectivity index (χ1n) is 6.83. The summed E-state index contributed by atoms with van der Waals surface area (Å²) in [5.41, 5.74) is 0.530. The fraction of sp³-hybridized carbons (Fsp3) is 0.500. The summed E-state index contributed by atoms with van der Waals surface area (Å²) in [6.45, 7) is 0. The lowest BCUT2D eigenvalue weighted by Crippen LogP contribution is -2.25. The molecular weight excluding hydrogens is 292 g/mol. The summed E-state index contributed by atoms with van der Waals surface area (Å²) in [4.78, 5) is 11.2. The van der Waals surface area contributed by atoms with Gasteiger partial charge in [-0.1, -0.05) is 12.1 Å². The predicted octanol–water partition coefficient (Wildman–Crippen LogP) is 1.60. The van der Waals surface area contributed by atoms with E-state index in [-0.39, 0.29) is 16.9 Å². The van der Waals surface area contributed by atoms with Crippen molar-refractivity contribution in [3.05, 3.63) is 24.3 Å². The fourth-order valence-corrected chi connectivity index (χ4v) is 3.61. The zero-order valence-electron chi connectivity index (χ0n) is 12.1. The highest BCUT2D eigenvalue weighted by Crippen LogP contribution is 2.31. The number of carboxylic acids is 1. The van der Waals surface area contributed by atoms with E-state index in [9.17, 15) is 13.2 Å². The van der Waals surface area contributed by atoms with Crippen LogP contribution in [0, 0.1) is 5.92 Å². The monoisotopic (exact) mass is 312 g/mol. The van der Waals surface area contributed by atoms with Gasteiger partial charge < -0.3 is 10.4 Å². The Morgan fingerprint density at radius 2 is 1.95 bits per heavy atom. The predicted molar refractivity (Wildman–Crippen MR) is 79.7 cm³/mol. The van der Waals surface area contributed by atoms with Gasteiger partial charge in [0.05, 0.1) is 11.6 Å². The van der Waals surface area contributed by atoms with Gasteiger partial charge in [0.15, 0.2) is 0 Å². The summed E-state index contributed by atoms with van der Waals surface area (Å²) in [6, 6.07) is 6.70. The largest absolute Gasteiger partial charge is 0.481 e. The van der Waals surface area contributed by atoms with Crippen molar-refractivity contribution in [3.8, 4) is 0 Å². The second-order valence-electron chi connectivity index (χ2n) is 5.47. The molecule has 1 saturated carbocycles. The van der Waals surface area contributed by atoms with Gasteiger partial charge in [-0.15, -0.1) is 0 Å². The smallest absolute Gasteiger partial charge is 0.306 e. The van der Waals surface area contributed by atoms with Crippen LogP contribution >= 0.6 is 0 Å². The number of rotatable bonds is 5. The van der Waals surface area contributed by atoms with E-state index < -0.39 is 16.0 Å². The molecule has 1 aliphatic rings. The molecule has 6 nitrogen and oxygen atoms in total. The molecule has 2 atom stereocenters. The Kier molecular flexibility index (Phi) is 4.53. The number of hydrogen-bond donors (Lipinski definition) is 2. The molecule has 0 saturated heterocycles. The zero-order valence-corrected chi connectivity index (χ0v) is 12.9. The van der Waals surface area contributed by atoms with Gasteiger partial charge in [0.25, 0.3) is 0 Å². The number of nitrogens with zero attached hydrogens (tertiary/aromatic N) is 1. The van der Waals surface area contributed by atoms with E-state index in [0.29, 0.717) is 18.5 Å². The summed E-state index contributed by atoms with van der Waals surface area (Å²) in [5.74, 6) is -1.13. The Balaban J connectivity index is 2.21. The molecule has 0 bridgehead atoms. The average Bonchev–Trinajstić information content (AvgIpc) is 2.87. The summed E-state index contributed by atoms with van der Waals surface area (Å²) in [5, 5.41) is 12.2. The van der Waals surface area contributed by atoms with Crippen LogP contribution in [-0.4, -0.2) is 43.9 Å². The van der Waals surface area contributed by atoms with E-state index in [2.05, 4.69) is 5.32 Å². The number of carbonyl (C=O) groups is 1. The zero-order chi connectivity index (χ0) is 15.6. The molecule has 0 heterocycles. The standard InChI is InChI=1S/C14H20N2O4S/c1-16(2)21(19,20)13-6-4-3-5-12(13)15-11-8-7-10(9-11)14(17)18/h3-6,10-11,15H,7-9H2,1-2H3,(H,17,18). The van der Waals surface area contributed by atoms with Crippen molar-refractivity contribution >= 4 is 21.7 Å². The molecule has 116 valence electrons. The van der Waals surface area contributed by atoms with Gasteiger partial charge in [0.2, 0.25) is 10.0 Å². The maximum atomic E-state index is 12.3. The minimum atomic E-state index is -3.52. The number of anilines is 1. The van der Waals surface area contributed by atoms with Crippen LogP contribution in [0.25, 0.3) is 0 Å². The summed E-state index contributed by atoms with van der Waals surface area (Å²) < 4.78 is 25.8. The molecule has 0 aromatic heterocycles. The highest BCUT2D eigenvalue weighted by Gasteiger charge is 2.30. The van der Waals surface area contributed by atoms with Crippen LogP contribution in [0.4, 0.5) is 5.69 Å². The Labute approximate surface area is 124 Å². The lowest BCUT2D eigenvalue weighted by Gasteiger charge is -2.19. The molecule has 2 unspecified atom stereocenters. The van der Waals surface area contributed by atoms with E-state index in [1.54, 1.807) is 24.3 Å². The lowest BCUT2D eigenvalue weighted by atomic mass is 10.1. The van der Waals surface area contributed by atoms with Crippen molar-refractivity contribution in [2.45, 2.75) is 30.2 Å². The molecule has 0 radical (unpaired) electrons. The van der Waals surface area contributed by atoms with Gasteiger partial charge in [-0.3, -0.25) is 4.79 Å². The SMILES string of the molecule is CN(C)S(=O)(=O)c1ccccc1NC1CCC(C(=O)O)C1. The number of para-hydroxylation sites is 1. The van der Waals surface area contributed by atoms with Gasteiger partial charge in [0, 0.05) is 20.1 Å². The fourth-order valence-electron chi connectivity index (χ4n) is 2.56. The second kappa shape index (κ2) is 6.03. The van der Waals surface area contributed by atoms with Crippen molar-refractivity contribution in [2.24, 2.45) is 5.92 Å². The number of carboxylic acid groups (broad SMARTS) is 1. The summed E-state index contributed by atoms with van der Waals surface area (Å²) >= 11 is 0. The third-order valence-electron chi connectivity index (χ3n) is 3.79. The normalized spacial score (nSPS) is 22.4. The van der Waals surface area contributed by atoms with Gasteiger partial charge in [0.1, 0.15) is 4.90 Å². The van der Waals surface area contributed by atoms with Crippen LogP contribution in [0.2, 0.25) is 0 Å². The Morgan fingerprint density at radius 3 is 2.52 bits per heavy atom.